The Balaban J connectivity index is 1.88. The van der Waals surface area contributed by atoms with Crippen molar-refractivity contribution in [2.24, 2.45) is 0 Å². The van der Waals surface area contributed by atoms with Gasteiger partial charge in [0.25, 0.3) is 0 Å². The van der Waals surface area contributed by atoms with Crippen molar-refractivity contribution < 1.29 is 28.5 Å². The highest BCUT2D eigenvalue weighted by Crippen LogP contribution is 2.50. The molecule has 190 valence electrons. The van der Waals surface area contributed by atoms with E-state index < -0.39 is 11.9 Å². The first-order valence-electron chi connectivity index (χ1n) is 12.1. The number of carbonyl (C=O) groups excluding carboxylic acids is 2. The number of ketones is 1. The van der Waals surface area contributed by atoms with Gasteiger partial charge in [0.1, 0.15) is 5.75 Å². The zero-order valence-corrected chi connectivity index (χ0v) is 21.6. The third kappa shape index (κ3) is 4.57. The van der Waals surface area contributed by atoms with Crippen LogP contribution in [0.5, 0.6) is 17.2 Å². The second-order valence-electron chi connectivity index (χ2n) is 9.30. The van der Waals surface area contributed by atoms with E-state index in [0.717, 1.165) is 17.0 Å². The third-order valence-corrected chi connectivity index (χ3v) is 6.71. The molecule has 7 heteroatoms. The number of Topliss-reactive ketones (excluding diaryl/α,β-unsaturated/α-hetero) is 1. The summed E-state index contributed by atoms with van der Waals surface area (Å²) in [5.74, 6) is 0.581. The van der Waals surface area contributed by atoms with Crippen molar-refractivity contribution >= 4 is 11.8 Å². The Kier molecular flexibility index (Phi) is 7.38. The summed E-state index contributed by atoms with van der Waals surface area (Å²) in [5.41, 5.74) is 4.10. The molecule has 0 aromatic heterocycles. The number of rotatable bonds is 7. The van der Waals surface area contributed by atoms with E-state index in [1.165, 1.54) is 0 Å². The van der Waals surface area contributed by atoms with E-state index in [0.29, 0.717) is 46.7 Å². The Hall–Kier alpha value is -3.74. The number of benzene rings is 2. The van der Waals surface area contributed by atoms with Crippen molar-refractivity contribution in [1.29, 1.82) is 0 Å². The summed E-state index contributed by atoms with van der Waals surface area (Å²) >= 11 is 0. The van der Waals surface area contributed by atoms with Crippen LogP contribution in [0.25, 0.3) is 0 Å². The molecule has 2 aromatic carbocycles. The van der Waals surface area contributed by atoms with Gasteiger partial charge in [0.05, 0.1) is 38.9 Å². The minimum atomic E-state index is -0.649. The SMILES string of the molecule is COc1ccccc1[C@@H]1CC(=O)C2=C(C1)NC(C)=C(C(=O)OC(C)C)[C@@H]2c1cccc(OC)c1OC. The molecule has 0 spiro atoms. The quantitative estimate of drug-likeness (QED) is 0.544. The van der Waals surface area contributed by atoms with Crippen LogP contribution in [0.3, 0.4) is 0 Å². The number of hydrogen-bond acceptors (Lipinski definition) is 7. The summed E-state index contributed by atoms with van der Waals surface area (Å²) in [6.07, 6.45) is 0.599. The van der Waals surface area contributed by atoms with Crippen molar-refractivity contribution in [2.75, 3.05) is 21.3 Å². The van der Waals surface area contributed by atoms with Crippen molar-refractivity contribution in [3.8, 4) is 17.2 Å². The first-order chi connectivity index (χ1) is 17.3. The lowest BCUT2D eigenvalue weighted by Gasteiger charge is -2.37. The third-order valence-electron chi connectivity index (χ3n) is 6.71. The number of methoxy groups -OCH3 is 3. The highest BCUT2D eigenvalue weighted by molar-refractivity contribution is 6.04. The summed E-state index contributed by atoms with van der Waals surface area (Å²) < 4.78 is 22.5. The van der Waals surface area contributed by atoms with Gasteiger partial charge < -0.3 is 24.3 Å². The molecule has 7 nitrogen and oxygen atoms in total. The minimum Gasteiger partial charge on any atom is -0.496 e. The lowest BCUT2D eigenvalue weighted by atomic mass is 9.71. The van der Waals surface area contributed by atoms with Crippen molar-refractivity contribution in [1.82, 2.24) is 5.32 Å². The number of nitrogens with one attached hydrogen (secondary N) is 1. The van der Waals surface area contributed by atoms with Gasteiger partial charge in [-0.15, -0.1) is 0 Å². The number of carbonyl (C=O) groups is 2. The van der Waals surface area contributed by atoms with Gasteiger partial charge in [-0.25, -0.2) is 4.79 Å². The van der Waals surface area contributed by atoms with Crippen molar-refractivity contribution in [3.63, 3.8) is 0 Å². The van der Waals surface area contributed by atoms with E-state index in [1.807, 2.05) is 43.3 Å². The van der Waals surface area contributed by atoms with E-state index >= 15 is 0 Å². The van der Waals surface area contributed by atoms with Crippen LogP contribution < -0.4 is 19.5 Å². The number of hydrogen-bond donors (Lipinski definition) is 1. The van der Waals surface area contributed by atoms with Gasteiger partial charge in [0.15, 0.2) is 17.3 Å². The molecule has 2 atom stereocenters. The number of esters is 1. The van der Waals surface area contributed by atoms with Crippen LogP contribution in [-0.4, -0.2) is 39.2 Å². The fraction of sp³-hybridized carbons (Fsp3) is 0.379. The van der Waals surface area contributed by atoms with Crippen LogP contribution in [0.2, 0.25) is 0 Å². The van der Waals surface area contributed by atoms with E-state index in [4.69, 9.17) is 18.9 Å². The van der Waals surface area contributed by atoms with E-state index in [9.17, 15) is 9.59 Å². The first-order valence-corrected chi connectivity index (χ1v) is 12.1. The van der Waals surface area contributed by atoms with Crippen LogP contribution in [0.15, 0.2) is 65.0 Å². The van der Waals surface area contributed by atoms with Crippen molar-refractivity contribution in [2.45, 2.75) is 51.6 Å². The van der Waals surface area contributed by atoms with Gasteiger partial charge >= 0.3 is 5.97 Å². The van der Waals surface area contributed by atoms with Crippen LogP contribution >= 0.6 is 0 Å². The molecule has 4 rings (SSSR count). The smallest absolute Gasteiger partial charge is 0.337 e. The molecule has 1 aliphatic carbocycles. The molecule has 1 N–H and O–H groups in total. The predicted molar refractivity (Wildman–Crippen MR) is 136 cm³/mol. The topological polar surface area (TPSA) is 83.1 Å². The number of allylic oxidation sites excluding steroid dienone is 3. The van der Waals surface area contributed by atoms with Crippen LogP contribution in [0, 0.1) is 0 Å². The van der Waals surface area contributed by atoms with Crippen molar-refractivity contribution in [3.05, 3.63) is 76.1 Å². The number of ether oxygens (including phenoxy) is 4. The number of dihydropyridines is 1. The normalized spacial score (nSPS) is 19.6. The average molecular weight is 492 g/mol. The van der Waals surface area contributed by atoms with Gasteiger partial charge in [-0.05, 0) is 44.9 Å². The van der Waals surface area contributed by atoms with Gasteiger partial charge in [0, 0.05) is 34.9 Å². The molecule has 0 fully saturated rings. The Morgan fingerprint density at radius 3 is 2.25 bits per heavy atom. The van der Waals surface area contributed by atoms with E-state index in [1.54, 1.807) is 41.2 Å². The maximum absolute atomic E-state index is 13.9. The van der Waals surface area contributed by atoms with Gasteiger partial charge in [-0.1, -0.05) is 30.3 Å². The maximum Gasteiger partial charge on any atom is 0.337 e. The van der Waals surface area contributed by atoms with E-state index in [2.05, 4.69) is 5.32 Å². The predicted octanol–water partition coefficient (Wildman–Crippen LogP) is 5.03. The second kappa shape index (κ2) is 10.5. The van der Waals surface area contributed by atoms with E-state index in [-0.39, 0.29) is 17.8 Å². The largest absolute Gasteiger partial charge is 0.496 e. The molecule has 0 unspecified atom stereocenters. The zero-order chi connectivity index (χ0) is 26.0. The molecule has 0 saturated carbocycles. The maximum atomic E-state index is 13.9. The molecule has 2 aliphatic rings. The number of para-hydroxylation sites is 2. The molecular formula is C29H33NO6. The standard InChI is InChI=1S/C29H33NO6/c1-16(2)36-29(32)25-17(3)30-21-14-18(19-10-7-8-12-23(19)33-4)15-22(31)27(21)26(25)20-11-9-13-24(34-5)28(20)35-6/h7-13,16,18,26,30H,14-15H2,1-6H3/t18-,26-/m0/s1. The summed E-state index contributed by atoms with van der Waals surface area (Å²) in [6, 6.07) is 13.3. The highest BCUT2D eigenvalue weighted by Gasteiger charge is 2.43. The minimum absolute atomic E-state index is 0.0307. The molecule has 2 aromatic rings. The molecular weight excluding hydrogens is 458 g/mol. The molecule has 1 aliphatic heterocycles. The lowest BCUT2D eigenvalue weighted by molar-refractivity contribution is -0.143. The lowest BCUT2D eigenvalue weighted by Crippen LogP contribution is -2.36. The molecule has 0 bridgehead atoms. The molecule has 1 heterocycles. The summed E-state index contributed by atoms with van der Waals surface area (Å²) in [7, 11) is 4.76. The first kappa shape index (κ1) is 25.4. The Morgan fingerprint density at radius 2 is 1.58 bits per heavy atom. The molecule has 0 amide bonds. The van der Waals surface area contributed by atoms with Gasteiger partial charge in [0.2, 0.25) is 0 Å². The fourth-order valence-electron chi connectivity index (χ4n) is 5.26. The van der Waals surface area contributed by atoms with Gasteiger partial charge in [-0.3, -0.25) is 4.79 Å². The average Bonchev–Trinajstić information content (AvgIpc) is 2.86. The second-order valence-corrected chi connectivity index (χ2v) is 9.30. The van der Waals surface area contributed by atoms with Crippen LogP contribution in [-0.2, 0) is 14.3 Å². The fourth-order valence-corrected chi connectivity index (χ4v) is 5.26. The molecule has 0 radical (unpaired) electrons. The monoisotopic (exact) mass is 491 g/mol. The Bertz CT molecular complexity index is 1240. The Morgan fingerprint density at radius 1 is 0.917 bits per heavy atom. The summed E-state index contributed by atoms with van der Waals surface area (Å²) in [4.78, 5) is 27.2. The highest BCUT2D eigenvalue weighted by atomic mass is 16.5. The summed E-state index contributed by atoms with van der Waals surface area (Å²) in [6.45, 7) is 5.45. The van der Waals surface area contributed by atoms with Gasteiger partial charge in [-0.2, -0.15) is 0 Å². The molecule has 0 saturated heterocycles. The van der Waals surface area contributed by atoms with Crippen LogP contribution in [0.4, 0.5) is 0 Å². The Labute approximate surface area is 212 Å². The van der Waals surface area contributed by atoms with Crippen LogP contribution in [0.1, 0.15) is 56.6 Å². The summed E-state index contributed by atoms with van der Waals surface area (Å²) in [5, 5.41) is 3.38. The molecule has 36 heavy (non-hydrogen) atoms. The zero-order valence-electron chi connectivity index (χ0n) is 21.6.